The first-order valence-electron chi connectivity index (χ1n) is 12.1. The van der Waals surface area contributed by atoms with Crippen molar-refractivity contribution < 1.29 is 57.1 Å². The molecule has 208 valence electrons. The van der Waals surface area contributed by atoms with Gasteiger partial charge >= 0.3 is 24.6 Å². The smallest absolute Gasteiger partial charge is 0.438 e. The molecule has 3 fully saturated rings. The van der Waals surface area contributed by atoms with Crippen LogP contribution in [0.5, 0.6) is 0 Å². The Bertz CT molecular complexity index is 976. The van der Waals surface area contributed by atoms with Gasteiger partial charge < -0.3 is 37.9 Å². The third-order valence-corrected chi connectivity index (χ3v) is 5.93. The molecule has 1 aromatic rings. The van der Waals surface area contributed by atoms with Gasteiger partial charge in [-0.2, -0.15) is 0 Å². The molecule has 3 unspecified atom stereocenters. The highest BCUT2D eigenvalue weighted by molar-refractivity contribution is 5.62. The van der Waals surface area contributed by atoms with E-state index in [1.165, 1.54) is 7.11 Å². The quantitative estimate of drug-likeness (QED) is 0.265. The zero-order valence-corrected chi connectivity index (χ0v) is 20.9. The van der Waals surface area contributed by atoms with Crippen molar-refractivity contribution in [1.82, 2.24) is 9.80 Å². The summed E-state index contributed by atoms with van der Waals surface area (Å²) in [7, 11) is 1.23. The summed E-state index contributed by atoms with van der Waals surface area (Å²) in [5.41, 5.74) is 1.94. The van der Waals surface area contributed by atoms with Crippen molar-refractivity contribution in [3.8, 4) is 0 Å². The molecule has 14 nitrogen and oxygen atoms in total. The highest BCUT2D eigenvalue weighted by Crippen LogP contribution is 2.17. The fourth-order valence-electron chi connectivity index (χ4n) is 4.33. The van der Waals surface area contributed by atoms with Crippen LogP contribution in [-0.2, 0) is 51.0 Å². The fourth-order valence-corrected chi connectivity index (χ4v) is 4.33. The highest BCUT2D eigenvalue weighted by atomic mass is 16.8. The Morgan fingerprint density at radius 3 is 1.74 bits per heavy atom. The topological polar surface area (TPSA) is 149 Å². The predicted molar refractivity (Wildman–Crippen MR) is 124 cm³/mol. The Balaban J connectivity index is 1.39. The Morgan fingerprint density at radius 1 is 0.816 bits per heavy atom. The lowest BCUT2D eigenvalue weighted by atomic mass is 10.1. The maximum absolute atomic E-state index is 11.4. The van der Waals surface area contributed by atoms with E-state index in [0.29, 0.717) is 39.3 Å². The number of carbonyl (C=O) groups is 4. The largest absolute Gasteiger partial charge is 0.508 e. The second-order valence-corrected chi connectivity index (χ2v) is 8.95. The maximum atomic E-state index is 11.4. The molecule has 0 N–H and O–H groups in total. The highest BCUT2D eigenvalue weighted by Gasteiger charge is 2.32. The fraction of sp³-hybridized carbons (Fsp3) is 0.583. The molecule has 1 aromatic carbocycles. The lowest BCUT2D eigenvalue weighted by molar-refractivity contribution is 0.0548. The Morgan fingerprint density at radius 2 is 1.29 bits per heavy atom. The lowest BCUT2D eigenvalue weighted by Crippen LogP contribution is -2.39. The zero-order chi connectivity index (χ0) is 26.9. The molecule has 0 bridgehead atoms. The van der Waals surface area contributed by atoms with E-state index in [9.17, 15) is 19.2 Å². The zero-order valence-electron chi connectivity index (χ0n) is 20.9. The number of methoxy groups -OCH3 is 1. The molecule has 3 heterocycles. The Kier molecular flexibility index (Phi) is 9.43. The van der Waals surface area contributed by atoms with Crippen molar-refractivity contribution in [2.45, 2.75) is 31.4 Å². The summed E-state index contributed by atoms with van der Waals surface area (Å²) in [6.45, 7) is 3.01. The molecule has 0 radical (unpaired) electrons. The number of carbonyl (C=O) groups excluding carboxylic acids is 4. The van der Waals surface area contributed by atoms with E-state index >= 15 is 0 Å². The van der Waals surface area contributed by atoms with E-state index in [4.69, 9.17) is 33.2 Å². The number of ether oxygens (including phenoxy) is 8. The molecule has 3 atom stereocenters. The van der Waals surface area contributed by atoms with Crippen LogP contribution in [0.2, 0.25) is 0 Å². The minimum atomic E-state index is -0.778. The molecular weight excluding hydrogens is 508 g/mol. The summed E-state index contributed by atoms with van der Waals surface area (Å²) in [5, 5.41) is 0. The number of hydrogen-bond donors (Lipinski definition) is 0. The standard InChI is InChI=1S/C24H30N2O12/c1-31-21(27)32-6-5-25(10-18-13-33-22(28)36-18)8-16-3-2-4-17(7-16)9-26(11-19-14-34-23(29)37-19)12-20-15-35-24(30)38-20/h2-4,7,18-20H,5-6,8-15H2,1H3. The van der Waals surface area contributed by atoms with Crippen LogP contribution in [0, 0.1) is 0 Å². The van der Waals surface area contributed by atoms with Crippen molar-refractivity contribution in [3.63, 3.8) is 0 Å². The van der Waals surface area contributed by atoms with Crippen LogP contribution >= 0.6 is 0 Å². The lowest BCUT2D eigenvalue weighted by Gasteiger charge is -2.26. The molecule has 3 aliphatic heterocycles. The first kappa shape index (κ1) is 27.3. The van der Waals surface area contributed by atoms with Crippen molar-refractivity contribution in [1.29, 1.82) is 0 Å². The van der Waals surface area contributed by atoms with Gasteiger partial charge in [0.25, 0.3) is 0 Å². The molecule has 3 aliphatic rings. The van der Waals surface area contributed by atoms with Crippen molar-refractivity contribution in [2.24, 2.45) is 0 Å². The molecule has 0 spiro atoms. The van der Waals surface area contributed by atoms with Gasteiger partial charge in [-0.3, -0.25) is 9.80 Å². The minimum absolute atomic E-state index is 0.0893. The van der Waals surface area contributed by atoms with Crippen molar-refractivity contribution in [3.05, 3.63) is 35.4 Å². The minimum Gasteiger partial charge on any atom is -0.438 e. The van der Waals surface area contributed by atoms with Crippen LogP contribution in [0.3, 0.4) is 0 Å². The summed E-state index contributed by atoms with van der Waals surface area (Å²) in [6.07, 6.45) is -4.22. The van der Waals surface area contributed by atoms with Gasteiger partial charge in [-0.05, 0) is 11.1 Å². The second kappa shape index (κ2) is 13.1. The second-order valence-electron chi connectivity index (χ2n) is 8.95. The third kappa shape index (κ3) is 8.38. The molecule has 0 amide bonds. The summed E-state index contributed by atoms with van der Waals surface area (Å²) in [6, 6.07) is 7.86. The number of benzene rings is 1. The first-order valence-corrected chi connectivity index (χ1v) is 12.1. The van der Waals surface area contributed by atoms with Crippen LogP contribution < -0.4 is 0 Å². The SMILES string of the molecule is COC(=O)OCCN(Cc1cccc(CN(CC2COC(=O)O2)CC2COC(=O)O2)c1)CC1COC(=O)O1. The molecule has 4 rings (SSSR count). The summed E-state index contributed by atoms with van der Waals surface area (Å²) < 4.78 is 39.7. The number of hydrogen-bond acceptors (Lipinski definition) is 14. The van der Waals surface area contributed by atoms with Gasteiger partial charge in [-0.25, -0.2) is 19.2 Å². The maximum Gasteiger partial charge on any atom is 0.508 e. The Hall–Kier alpha value is -3.78. The molecule has 0 saturated carbocycles. The van der Waals surface area contributed by atoms with E-state index in [0.717, 1.165) is 11.1 Å². The van der Waals surface area contributed by atoms with Crippen LogP contribution in [0.1, 0.15) is 11.1 Å². The van der Waals surface area contributed by atoms with Gasteiger partial charge in [0.1, 0.15) is 26.4 Å². The van der Waals surface area contributed by atoms with Gasteiger partial charge in [0, 0.05) is 39.3 Å². The monoisotopic (exact) mass is 538 g/mol. The van der Waals surface area contributed by atoms with Crippen LogP contribution in [-0.4, -0.2) is 112 Å². The van der Waals surface area contributed by atoms with E-state index in [1.807, 2.05) is 34.1 Å². The molecule has 14 heteroatoms. The van der Waals surface area contributed by atoms with Crippen LogP contribution in [0.25, 0.3) is 0 Å². The van der Waals surface area contributed by atoms with E-state index in [-0.39, 0.29) is 26.4 Å². The third-order valence-electron chi connectivity index (χ3n) is 5.93. The number of nitrogens with zero attached hydrogens (tertiary/aromatic N) is 2. The molecule has 0 aromatic heterocycles. The number of rotatable bonds is 13. The summed E-state index contributed by atoms with van der Waals surface area (Å²) >= 11 is 0. The summed E-state index contributed by atoms with van der Waals surface area (Å²) in [5.74, 6) is 0. The summed E-state index contributed by atoms with van der Waals surface area (Å²) in [4.78, 5) is 49.4. The average Bonchev–Trinajstić information content (AvgIpc) is 3.60. The normalized spacial score (nSPS) is 22.4. The van der Waals surface area contributed by atoms with E-state index < -0.39 is 42.9 Å². The van der Waals surface area contributed by atoms with Crippen molar-refractivity contribution >= 4 is 24.6 Å². The predicted octanol–water partition coefficient (Wildman–Crippen LogP) is 1.68. The molecule has 3 saturated heterocycles. The van der Waals surface area contributed by atoms with E-state index in [2.05, 4.69) is 4.74 Å². The Labute approximate surface area is 218 Å². The average molecular weight is 539 g/mol. The van der Waals surface area contributed by atoms with Crippen LogP contribution in [0.15, 0.2) is 24.3 Å². The molecule has 0 aliphatic carbocycles. The van der Waals surface area contributed by atoms with E-state index in [1.54, 1.807) is 0 Å². The molecular formula is C24H30N2O12. The van der Waals surface area contributed by atoms with Crippen molar-refractivity contribution in [2.75, 3.05) is 59.7 Å². The van der Waals surface area contributed by atoms with Gasteiger partial charge in [0.15, 0.2) is 18.3 Å². The number of cyclic esters (lactones) is 6. The van der Waals surface area contributed by atoms with Crippen LogP contribution in [0.4, 0.5) is 19.2 Å². The van der Waals surface area contributed by atoms with Gasteiger partial charge in [0.2, 0.25) is 0 Å². The van der Waals surface area contributed by atoms with Gasteiger partial charge in [-0.1, -0.05) is 24.3 Å². The first-order chi connectivity index (χ1) is 18.4. The van der Waals surface area contributed by atoms with Gasteiger partial charge in [0.05, 0.1) is 7.11 Å². The molecule has 38 heavy (non-hydrogen) atoms. The van der Waals surface area contributed by atoms with Gasteiger partial charge in [-0.15, -0.1) is 0 Å².